The first-order valence-corrected chi connectivity index (χ1v) is 11.1. The number of aromatic nitrogens is 3. The molecule has 1 atom stereocenters. The number of pyridine rings is 1. The van der Waals surface area contributed by atoms with Crippen molar-refractivity contribution in [3.05, 3.63) is 30.3 Å². The first-order valence-electron chi connectivity index (χ1n) is 11.1. The number of hydrogen-bond acceptors (Lipinski definition) is 9. The molecule has 2 aromatic heterocycles. The Morgan fingerprint density at radius 2 is 1.85 bits per heavy atom. The number of amides is 1. The molecule has 1 aliphatic rings. The number of hydrogen-bond donors (Lipinski definition) is 2. The maximum atomic E-state index is 12.2. The van der Waals surface area contributed by atoms with Gasteiger partial charge in [0.15, 0.2) is 17.3 Å². The summed E-state index contributed by atoms with van der Waals surface area (Å²) in [6.07, 6.45) is 0.320. The van der Waals surface area contributed by atoms with E-state index in [1.54, 1.807) is 14.2 Å². The van der Waals surface area contributed by atoms with Crippen LogP contribution in [0.15, 0.2) is 30.3 Å². The average Bonchev–Trinajstić information content (AvgIpc) is 3.24. The molecule has 10 nitrogen and oxygen atoms in total. The van der Waals surface area contributed by atoms with Crippen molar-refractivity contribution in [1.29, 1.82) is 0 Å². The Morgan fingerprint density at radius 3 is 2.56 bits per heavy atom. The van der Waals surface area contributed by atoms with Gasteiger partial charge in [0.05, 0.1) is 31.5 Å². The van der Waals surface area contributed by atoms with E-state index in [0.29, 0.717) is 41.4 Å². The van der Waals surface area contributed by atoms with Gasteiger partial charge < -0.3 is 30.2 Å². The minimum atomic E-state index is -0.551. The molecule has 180 valence electrons. The number of ether oxygens (including phenoxy) is 3. The Labute approximate surface area is 198 Å². The molecule has 0 radical (unpaired) electrons. The fourth-order valence-electron chi connectivity index (χ4n) is 3.94. The van der Waals surface area contributed by atoms with Gasteiger partial charge in [-0.3, -0.25) is 0 Å². The molecular weight excluding hydrogens is 436 g/mol. The Morgan fingerprint density at radius 1 is 1.09 bits per heavy atom. The van der Waals surface area contributed by atoms with E-state index >= 15 is 0 Å². The SMILES string of the molecule is COc1ccc(-c2ccc3nc(N)nc(N4CC[C@H](NC(=O)OC(C)(C)C)C4)c3n2)cc1OC. The van der Waals surface area contributed by atoms with E-state index in [1.165, 1.54) is 0 Å². The van der Waals surface area contributed by atoms with Crippen molar-refractivity contribution in [3.8, 4) is 22.8 Å². The summed E-state index contributed by atoms with van der Waals surface area (Å²) in [6.45, 7) is 6.77. The number of alkyl carbamates (subject to hydrolysis) is 1. The van der Waals surface area contributed by atoms with Crippen molar-refractivity contribution in [2.24, 2.45) is 0 Å². The van der Waals surface area contributed by atoms with Gasteiger partial charge >= 0.3 is 6.09 Å². The van der Waals surface area contributed by atoms with Gasteiger partial charge in [0, 0.05) is 18.7 Å². The van der Waals surface area contributed by atoms with E-state index in [1.807, 2.05) is 51.1 Å². The van der Waals surface area contributed by atoms with Crippen LogP contribution in [0.1, 0.15) is 27.2 Å². The van der Waals surface area contributed by atoms with E-state index in [2.05, 4.69) is 20.2 Å². The predicted octanol–water partition coefficient (Wildman–Crippen LogP) is 3.39. The maximum Gasteiger partial charge on any atom is 0.407 e. The molecule has 10 heteroatoms. The molecule has 0 bridgehead atoms. The van der Waals surface area contributed by atoms with Crippen molar-refractivity contribution in [2.75, 3.05) is 37.9 Å². The van der Waals surface area contributed by atoms with E-state index in [0.717, 1.165) is 17.7 Å². The second-order valence-electron chi connectivity index (χ2n) is 9.12. The maximum absolute atomic E-state index is 12.2. The van der Waals surface area contributed by atoms with Crippen molar-refractivity contribution in [1.82, 2.24) is 20.3 Å². The first-order chi connectivity index (χ1) is 16.2. The number of rotatable bonds is 5. The second kappa shape index (κ2) is 9.20. The van der Waals surface area contributed by atoms with Crippen LogP contribution in [0, 0.1) is 0 Å². The molecule has 3 heterocycles. The van der Waals surface area contributed by atoms with E-state index < -0.39 is 11.7 Å². The Bertz CT molecular complexity index is 1210. The molecule has 0 unspecified atom stereocenters. The van der Waals surface area contributed by atoms with Crippen LogP contribution in [0.25, 0.3) is 22.3 Å². The van der Waals surface area contributed by atoms with Gasteiger partial charge in [-0.1, -0.05) is 0 Å². The molecular formula is C24H30N6O4. The van der Waals surface area contributed by atoms with Gasteiger partial charge in [-0.15, -0.1) is 0 Å². The molecule has 4 rings (SSSR count). The lowest BCUT2D eigenvalue weighted by molar-refractivity contribution is 0.0509. The Kier molecular flexibility index (Phi) is 6.32. The summed E-state index contributed by atoms with van der Waals surface area (Å²) >= 11 is 0. The molecule has 1 saturated heterocycles. The summed E-state index contributed by atoms with van der Waals surface area (Å²) < 4.78 is 16.2. The van der Waals surface area contributed by atoms with E-state index in [-0.39, 0.29) is 12.0 Å². The Balaban J connectivity index is 1.63. The monoisotopic (exact) mass is 466 g/mol. The van der Waals surface area contributed by atoms with Crippen LogP contribution in [-0.2, 0) is 4.74 Å². The number of methoxy groups -OCH3 is 2. The van der Waals surface area contributed by atoms with Gasteiger partial charge in [-0.25, -0.2) is 14.8 Å². The quantitative estimate of drug-likeness (QED) is 0.582. The molecule has 0 aliphatic carbocycles. The molecule has 1 aromatic carbocycles. The van der Waals surface area contributed by atoms with E-state index in [9.17, 15) is 4.79 Å². The first kappa shape index (κ1) is 23.3. The van der Waals surface area contributed by atoms with Gasteiger partial charge in [0.2, 0.25) is 5.95 Å². The number of anilines is 2. The summed E-state index contributed by atoms with van der Waals surface area (Å²) in [7, 11) is 3.19. The number of fused-ring (bicyclic) bond motifs is 1. The summed E-state index contributed by atoms with van der Waals surface area (Å²) in [6, 6.07) is 9.33. The number of nitrogens with two attached hydrogens (primary N) is 1. The zero-order valence-corrected chi connectivity index (χ0v) is 20.1. The van der Waals surface area contributed by atoms with Crippen LogP contribution in [0.4, 0.5) is 16.6 Å². The van der Waals surface area contributed by atoms with Gasteiger partial charge in [0.25, 0.3) is 0 Å². The van der Waals surface area contributed by atoms with Crippen molar-refractivity contribution >= 4 is 28.9 Å². The summed E-state index contributed by atoms with van der Waals surface area (Å²) in [5.74, 6) is 2.07. The van der Waals surface area contributed by atoms with Gasteiger partial charge in [0.1, 0.15) is 11.1 Å². The standard InChI is InChI=1S/C24H30N6O4/c1-24(2,3)34-23(31)26-15-10-11-30(13-15)21-20-17(28-22(25)29-21)8-7-16(27-20)14-6-9-18(32-4)19(12-14)33-5/h6-9,12,15H,10-11,13H2,1-5H3,(H,26,31)(H2,25,28,29)/t15-/m0/s1. The zero-order chi connectivity index (χ0) is 24.5. The number of carbonyl (C=O) groups excluding carboxylic acids is 1. The number of benzene rings is 1. The highest BCUT2D eigenvalue weighted by molar-refractivity contribution is 5.89. The highest BCUT2D eigenvalue weighted by Crippen LogP contribution is 2.33. The number of nitrogens with one attached hydrogen (secondary N) is 1. The van der Waals surface area contributed by atoms with Crippen LogP contribution in [0.5, 0.6) is 11.5 Å². The molecule has 1 aliphatic heterocycles. The largest absolute Gasteiger partial charge is 0.493 e. The lowest BCUT2D eigenvalue weighted by Gasteiger charge is -2.22. The fourth-order valence-corrected chi connectivity index (χ4v) is 3.94. The molecule has 34 heavy (non-hydrogen) atoms. The van der Waals surface area contributed by atoms with Crippen LogP contribution in [0.3, 0.4) is 0 Å². The summed E-state index contributed by atoms with van der Waals surface area (Å²) in [5.41, 5.74) is 8.34. The van der Waals surface area contributed by atoms with Crippen LogP contribution in [-0.4, -0.2) is 60.0 Å². The minimum absolute atomic E-state index is 0.0740. The van der Waals surface area contributed by atoms with Crippen LogP contribution < -0.4 is 25.4 Å². The lowest BCUT2D eigenvalue weighted by atomic mass is 10.1. The third-order valence-corrected chi connectivity index (χ3v) is 5.43. The second-order valence-corrected chi connectivity index (χ2v) is 9.12. The third kappa shape index (κ3) is 5.05. The zero-order valence-electron chi connectivity index (χ0n) is 20.1. The fraction of sp³-hybridized carbons (Fsp3) is 0.417. The van der Waals surface area contributed by atoms with Crippen LogP contribution >= 0.6 is 0 Å². The highest BCUT2D eigenvalue weighted by Gasteiger charge is 2.28. The van der Waals surface area contributed by atoms with Crippen molar-refractivity contribution in [3.63, 3.8) is 0 Å². The van der Waals surface area contributed by atoms with Crippen molar-refractivity contribution in [2.45, 2.75) is 38.8 Å². The molecule has 3 N–H and O–H groups in total. The summed E-state index contributed by atoms with van der Waals surface area (Å²) in [5, 5.41) is 2.93. The topological polar surface area (TPSA) is 125 Å². The van der Waals surface area contributed by atoms with Gasteiger partial charge in [-0.2, -0.15) is 4.98 Å². The highest BCUT2D eigenvalue weighted by atomic mass is 16.6. The Hall–Kier alpha value is -3.82. The molecule has 3 aromatic rings. The number of nitrogens with zero attached hydrogens (tertiary/aromatic N) is 4. The van der Waals surface area contributed by atoms with E-state index in [4.69, 9.17) is 24.9 Å². The van der Waals surface area contributed by atoms with Crippen molar-refractivity contribution < 1.29 is 19.0 Å². The summed E-state index contributed by atoms with van der Waals surface area (Å²) in [4.78, 5) is 28.0. The normalized spacial score (nSPS) is 15.9. The smallest absolute Gasteiger partial charge is 0.407 e. The minimum Gasteiger partial charge on any atom is -0.493 e. The lowest BCUT2D eigenvalue weighted by Crippen LogP contribution is -2.40. The predicted molar refractivity (Wildman–Crippen MR) is 130 cm³/mol. The number of nitrogen functional groups attached to an aromatic ring is 1. The molecule has 0 saturated carbocycles. The molecule has 1 amide bonds. The molecule has 0 spiro atoms. The van der Waals surface area contributed by atoms with Gasteiger partial charge in [-0.05, 0) is 57.5 Å². The van der Waals surface area contributed by atoms with Crippen LogP contribution in [0.2, 0.25) is 0 Å². The average molecular weight is 467 g/mol. The number of carbonyl (C=O) groups is 1. The third-order valence-electron chi connectivity index (χ3n) is 5.43. The molecule has 1 fully saturated rings.